The number of guanidine groups is 1. The van der Waals surface area contributed by atoms with Crippen molar-refractivity contribution in [2.75, 3.05) is 12.4 Å². The highest BCUT2D eigenvalue weighted by atomic mass is 32.3. The number of nitrogens with two attached hydrogens (primary N) is 2. The van der Waals surface area contributed by atoms with Crippen LogP contribution in [0.2, 0.25) is 0 Å². The average Bonchev–Trinajstić information content (AvgIpc) is 1.80. The summed E-state index contributed by atoms with van der Waals surface area (Å²) in [5.41, 5.74) is 8.94. The molecule has 0 aromatic rings. The third-order valence-corrected chi connectivity index (χ3v) is 0.971. The van der Waals surface area contributed by atoms with Gasteiger partial charge in [-0.2, -0.15) is 21.0 Å². The van der Waals surface area contributed by atoms with E-state index in [1.165, 1.54) is 0 Å². The zero-order valence-electron chi connectivity index (χ0n) is 6.10. The monoisotopic (exact) mass is 217 g/mol. The van der Waals surface area contributed by atoms with E-state index in [-0.39, 0.29) is 18.3 Å². The fourth-order valence-electron chi connectivity index (χ4n) is 0.143. The highest BCUT2D eigenvalue weighted by Crippen LogP contribution is 1.85. The van der Waals surface area contributed by atoms with Crippen LogP contribution in [0.15, 0.2) is 0 Å². The van der Waals surface area contributed by atoms with Gasteiger partial charge in [0.2, 0.25) is 0 Å². The van der Waals surface area contributed by atoms with Gasteiger partial charge in [-0.15, -0.1) is 0 Å². The lowest BCUT2D eigenvalue weighted by Crippen LogP contribution is -2.20. The van der Waals surface area contributed by atoms with E-state index in [9.17, 15) is 8.42 Å². The standard InChI is InChI=1S/C2H6O4S2.CH5N3/c3-8(4,5)6-1-2-7;2-1(3)4/h7H,1-2H2,(H,3,4,5);(H5,2,3,4). The van der Waals surface area contributed by atoms with Gasteiger partial charge in [-0.3, -0.25) is 9.96 Å². The smallest absolute Gasteiger partial charge is 0.370 e. The van der Waals surface area contributed by atoms with E-state index in [0.717, 1.165) is 0 Å². The fraction of sp³-hybridized carbons (Fsp3) is 0.667. The molecule has 0 bridgehead atoms. The van der Waals surface area contributed by atoms with Crippen molar-refractivity contribution in [3.05, 3.63) is 0 Å². The Kier molecular flexibility index (Phi) is 8.37. The second kappa shape index (κ2) is 7.16. The van der Waals surface area contributed by atoms with E-state index < -0.39 is 10.4 Å². The van der Waals surface area contributed by atoms with Crippen molar-refractivity contribution in [2.45, 2.75) is 0 Å². The molecular weight excluding hydrogens is 206 g/mol. The second-order valence-corrected chi connectivity index (χ2v) is 2.97. The van der Waals surface area contributed by atoms with E-state index in [2.05, 4.69) is 28.3 Å². The summed E-state index contributed by atoms with van der Waals surface area (Å²) < 4.78 is 31.1. The summed E-state index contributed by atoms with van der Waals surface area (Å²) in [6, 6.07) is 0. The molecule has 6 N–H and O–H groups in total. The van der Waals surface area contributed by atoms with Crippen LogP contribution in [0.4, 0.5) is 0 Å². The number of thiol groups is 1. The number of rotatable bonds is 3. The Morgan fingerprint density at radius 2 is 1.92 bits per heavy atom. The largest absolute Gasteiger partial charge is 0.397 e. The minimum atomic E-state index is -4.24. The van der Waals surface area contributed by atoms with E-state index in [1.807, 2.05) is 0 Å². The topological polar surface area (TPSA) is 139 Å². The van der Waals surface area contributed by atoms with Gasteiger partial charge in [0.1, 0.15) is 0 Å². The third kappa shape index (κ3) is 33.9. The summed E-state index contributed by atoms with van der Waals surface area (Å²) >= 11 is 3.63. The summed E-state index contributed by atoms with van der Waals surface area (Å²) in [6.07, 6.45) is 0. The van der Waals surface area contributed by atoms with E-state index in [4.69, 9.17) is 9.96 Å². The van der Waals surface area contributed by atoms with Gasteiger partial charge in [-0.25, -0.2) is 4.18 Å². The van der Waals surface area contributed by atoms with Crippen molar-refractivity contribution in [1.29, 1.82) is 5.41 Å². The van der Waals surface area contributed by atoms with Crippen LogP contribution in [0, 0.1) is 5.41 Å². The Morgan fingerprint density at radius 1 is 1.58 bits per heavy atom. The molecule has 9 heteroatoms. The summed E-state index contributed by atoms with van der Waals surface area (Å²) in [4.78, 5) is 0. The Balaban J connectivity index is 0. The number of hydrogen-bond acceptors (Lipinski definition) is 5. The van der Waals surface area contributed by atoms with Crippen LogP contribution in [0.1, 0.15) is 0 Å². The fourth-order valence-corrected chi connectivity index (χ4v) is 0.651. The maximum atomic E-state index is 9.69. The van der Waals surface area contributed by atoms with Crippen LogP contribution in [0.3, 0.4) is 0 Å². The molecule has 0 saturated carbocycles. The van der Waals surface area contributed by atoms with Crippen molar-refractivity contribution in [3.63, 3.8) is 0 Å². The molecule has 0 aliphatic carbocycles. The lowest BCUT2D eigenvalue weighted by Gasteiger charge is -1.92. The quantitative estimate of drug-likeness (QED) is 0.170. The van der Waals surface area contributed by atoms with Crippen molar-refractivity contribution in [3.8, 4) is 0 Å². The zero-order valence-corrected chi connectivity index (χ0v) is 7.81. The zero-order chi connectivity index (χ0) is 10.2. The molecule has 12 heavy (non-hydrogen) atoms. The Hall–Kier alpha value is -0.510. The SMILES string of the molecule is N=C(N)N.O=S(=O)(O)OCCS. The molecule has 0 aliphatic rings. The van der Waals surface area contributed by atoms with Crippen molar-refractivity contribution >= 4 is 29.0 Å². The highest BCUT2D eigenvalue weighted by molar-refractivity contribution is 7.81. The Morgan fingerprint density at radius 3 is 2.00 bits per heavy atom. The first-order valence-corrected chi connectivity index (χ1v) is 4.61. The summed E-state index contributed by atoms with van der Waals surface area (Å²) in [6.45, 7) is -0.0953. The molecule has 0 radical (unpaired) electrons. The molecule has 0 fully saturated rings. The van der Waals surface area contributed by atoms with Crippen LogP contribution >= 0.6 is 12.6 Å². The Labute approximate surface area is 75.9 Å². The molecule has 0 spiro atoms. The lowest BCUT2D eigenvalue weighted by molar-refractivity contribution is 0.285. The van der Waals surface area contributed by atoms with Gasteiger partial charge in [0.15, 0.2) is 5.96 Å². The van der Waals surface area contributed by atoms with E-state index >= 15 is 0 Å². The Bertz CT molecular complexity index is 210. The lowest BCUT2D eigenvalue weighted by atomic mass is 10.9. The molecule has 0 heterocycles. The minimum absolute atomic E-state index is 0.0953. The van der Waals surface area contributed by atoms with Gasteiger partial charge in [0.05, 0.1) is 6.61 Å². The van der Waals surface area contributed by atoms with Crippen molar-refractivity contribution in [1.82, 2.24) is 0 Å². The van der Waals surface area contributed by atoms with Crippen molar-refractivity contribution < 1.29 is 17.2 Å². The molecule has 0 rings (SSSR count). The van der Waals surface area contributed by atoms with Crippen LogP contribution in [-0.2, 0) is 14.6 Å². The van der Waals surface area contributed by atoms with Crippen LogP contribution in [-0.4, -0.2) is 31.3 Å². The predicted octanol–water partition coefficient (Wildman–Crippen LogP) is -1.43. The predicted molar refractivity (Wildman–Crippen MR) is 47.5 cm³/mol. The molecule has 74 valence electrons. The first-order valence-electron chi connectivity index (χ1n) is 2.61. The molecule has 0 atom stereocenters. The van der Waals surface area contributed by atoms with Crippen LogP contribution < -0.4 is 11.5 Å². The molecule has 0 amide bonds. The molecule has 0 unspecified atom stereocenters. The molecular formula is C3H11N3O4S2. The minimum Gasteiger partial charge on any atom is -0.370 e. The highest BCUT2D eigenvalue weighted by Gasteiger charge is 2.00. The van der Waals surface area contributed by atoms with Crippen LogP contribution in [0.25, 0.3) is 0 Å². The molecule has 0 aromatic carbocycles. The van der Waals surface area contributed by atoms with Crippen LogP contribution in [0.5, 0.6) is 0 Å². The van der Waals surface area contributed by atoms with Gasteiger partial charge in [0.25, 0.3) is 0 Å². The van der Waals surface area contributed by atoms with E-state index in [0.29, 0.717) is 0 Å². The van der Waals surface area contributed by atoms with Gasteiger partial charge in [-0.05, 0) is 0 Å². The van der Waals surface area contributed by atoms with Gasteiger partial charge in [-0.1, -0.05) is 0 Å². The third-order valence-electron chi connectivity index (χ3n) is 0.324. The molecule has 0 aromatic heterocycles. The molecule has 7 nitrogen and oxygen atoms in total. The maximum Gasteiger partial charge on any atom is 0.397 e. The normalized spacial score (nSPS) is 9.83. The maximum absolute atomic E-state index is 9.69. The van der Waals surface area contributed by atoms with Gasteiger partial charge >= 0.3 is 10.4 Å². The second-order valence-electron chi connectivity index (χ2n) is 1.43. The first-order chi connectivity index (χ1) is 5.29. The van der Waals surface area contributed by atoms with Gasteiger partial charge in [0, 0.05) is 5.75 Å². The van der Waals surface area contributed by atoms with Gasteiger partial charge < -0.3 is 11.5 Å². The summed E-state index contributed by atoms with van der Waals surface area (Å²) in [5.74, 6) is -0.0697. The first kappa shape index (κ1) is 14.0. The number of nitrogens with one attached hydrogen (secondary N) is 1. The van der Waals surface area contributed by atoms with Crippen molar-refractivity contribution in [2.24, 2.45) is 11.5 Å². The average molecular weight is 217 g/mol. The van der Waals surface area contributed by atoms with E-state index in [1.54, 1.807) is 0 Å². The number of hydrogen-bond donors (Lipinski definition) is 5. The summed E-state index contributed by atoms with van der Waals surface area (Å²) in [7, 11) is -4.24. The molecule has 0 saturated heterocycles. The summed E-state index contributed by atoms with van der Waals surface area (Å²) in [5, 5.41) is 6.06. The molecule has 0 aliphatic heterocycles.